The molecule has 0 aromatic heterocycles. The highest BCUT2D eigenvalue weighted by Crippen LogP contribution is 2.30. The molecule has 0 spiro atoms. The third kappa shape index (κ3) is 5.01. The van der Waals surface area contributed by atoms with Gasteiger partial charge in [-0.15, -0.1) is 0 Å². The molecule has 2 nitrogen and oxygen atoms in total. The van der Waals surface area contributed by atoms with E-state index in [-0.39, 0.29) is 0 Å². The van der Waals surface area contributed by atoms with E-state index >= 15 is 0 Å². The monoisotopic (exact) mass is 275 g/mol. The predicted molar refractivity (Wildman–Crippen MR) is 67.2 cm³/mol. The summed E-state index contributed by atoms with van der Waals surface area (Å²) in [5.41, 5.74) is 0. The van der Waals surface area contributed by atoms with Crippen molar-refractivity contribution < 1.29 is 4.79 Å². The van der Waals surface area contributed by atoms with Gasteiger partial charge in [0.05, 0.1) is 0 Å². The lowest BCUT2D eigenvalue weighted by Gasteiger charge is -2.26. The van der Waals surface area contributed by atoms with Crippen LogP contribution in [-0.4, -0.2) is 28.7 Å². The van der Waals surface area contributed by atoms with E-state index in [4.69, 9.17) is 0 Å². The minimum absolute atomic E-state index is 0.345. The number of carbonyl (C=O) groups excluding carboxylic acids is 1. The first-order valence-electron chi connectivity index (χ1n) is 6.00. The Morgan fingerprint density at radius 2 is 2.07 bits per heavy atom. The van der Waals surface area contributed by atoms with E-state index in [1.54, 1.807) is 0 Å². The zero-order chi connectivity index (χ0) is 11.3. The van der Waals surface area contributed by atoms with E-state index in [1.807, 2.05) is 0 Å². The minimum atomic E-state index is 0.345. The molecule has 0 radical (unpaired) electrons. The topological polar surface area (TPSA) is 20.3 Å². The third-order valence-corrected chi connectivity index (χ3v) is 3.43. The van der Waals surface area contributed by atoms with Crippen LogP contribution in [0.15, 0.2) is 0 Å². The highest BCUT2D eigenvalue weighted by atomic mass is 79.9. The smallest absolute Gasteiger partial charge is 0.222 e. The molecule has 0 unspecified atom stereocenters. The number of nitrogens with zero attached hydrogens (tertiary/aromatic N) is 1. The van der Waals surface area contributed by atoms with Gasteiger partial charge >= 0.3 is 0 Å². The molecule has 15 heavy (non-hydrogen) atoms. The van der Waals surface area contributed by atoms with E-state index < -0.39 is 0 Å². The van der Waals surface area contributed by atoms with Gasteiger partial charge in [-0.2, -0.15) is 0 Å². The van der Waals surface area contributed by atoms with Crippen LogP contribution in [-0.2, 0) is 4.79 Å². The van der Waals surface area contributed by atoms with Gasteiger partial charge in [0, 0.05) is 24.3 Å². The van der Waals surface area contributed by atoms with Crippen molar-refractivity contribution in [3.8, 4) is 0 Å². The maximum absolute atomic E-state index is 11.9. The second kappa shape index (κ2) is 6.51. The summed E-state index contributed by atoms with van der Waals surface area (Å²) in [5, 5.41) is 1.00. The van der Waals surface area contributed by atoms with Crippen molar-refractivity contribution in [1.29, 1.82) is 0 Å². The van der Waals surface area contributed by atoms with E-state index in [9.17, 15) is 4.79 Å². The molecule has 0 bridgehead atoms. The fourth-order valence-electron chi connectivity index (χ4n) is 1.69. The Hall–Kier alpha value is -0.0500. The largest absolute Gasteiger partial charge is 0.340 e. The molecular formula is C12H22BrNO. The van der Waals surface area contributed by atoms with Crippen LogP contribution in [0.2, 0.25) is 0 Å². The van der Waals surface area contributed by atoms with Gasteiger partial charge in [0.2, 0.25) is 5.91 Å². The number of hydrogen-bond acceptors (Lipinski definition) is 1. The van der Waals surface area contributed by atoms with Crippen molar-refractivity contribution in [2.45, 2.75) is 52.0 Å². The standard InChI is InChI=1S/C12H22BrNO/c1-10(2)14(9-11-6-7-11)12(15)5-3-4-8-13/h10-11H,3-9H2,1-2H3. The average Bonchev–Trinajstić information content (AvgIpc) is 2.97. The number of carbonyl (C=O) groups is 1. The fraction of sp³-hybridized carbons (Fsp3) is 0.917. The molecule has 1 aliphatic carbocycles. The first-order valence-corrected chi connectivity index (χ1v) is 7.12. The van der Waals surface area contributed by atoms with Crippen LogP contribution < -0.4 is 0 Å². The van der Waals surface area contributed by atoms with Crippen molar-refractivity contribution in [1.82, 2.24) is 4.90 Å². The molecule has 0 heterocycles. The Morgan fingerprint density at radius 1 is 1.40 bits per heavy atom. The molecular weight excluding hydrogens is 254 g/mol. The molecule has 0 atom stereocenters. The van der Waals surface area contributed by atoms with Gasteiger partial charge in [0.15, 0.2) is 0 Å². The molecule has 0 aromatic carbocycles. The maximum Gasteiger partial charge on any atom is 0.222 e. The molecule has 1 amide bonds. The van der Waals surface area contributed by atoms with E-state index in [1.165, 1.54) is 12.8 Å². The minimum Gasteiger partial charge on any atom is -0.340 e. The Bertz CT molecular complexity index is 202. The van der Waals surface area contributed by atoms with Crippen LogP contribution in [0, 0.1) is 5.92 Å². The Morgan fingerprint density at radius 3 is 2.53 bits per heavy atom. The zero-order valence-corrected chi connectivity index (χ0v) is 11.4. The maximum atomic E-state index is 11.9. The number of unbranched alkanes of at least 4 members (excludes halogenated alkanes) is 1. The van der Waals surface area contributed by atoms with E-state index in [2.05, 4.69) is 34.7 Å². The number of amides is 1. The van der Waals surface area contributed by atoms with Crippen molar-refractivity contribution in [2.75, 3.05) is 11.9 Å². The first kappa shape index (κ1) is 13.0. The predicted octanol–water partition coefficient (Wildman–Crippen LogP) is 3.20. The number of rotatable bonds is 7. The van der Waals surface area contributed by atoms with Gasteiger partial charge in [-0.25, -0.2) is 0 Å². The lowest BCUT2D eigenvalue weighted by atomic mass is 10.2. The fourth-order valence-corrected chi connectivity index (χ4v) is 2.09. The zero-order valence-electron chi connectivity index (χ0n) is 9.84. The molecule has 3 heteroatoms. The van der Waals surface area contributed by atoms with Gasteiger partial charge in [0.1, 0.15) is 0 Å². The second-order valence-electron chi connectivity index (χ2n) is 4.73. The summed E-state index contributed by atoms with van der Waals surface area (Å²) in [7, 11) is 0. The Balaban J connectivity index is 2.29. The van der Waals surface area contributed by atoms with Crippen LogP contribution in [0.4, 0.5) is 0 Å². The first-order chi connectivity index (χ1) is 7.15. The molecule has 88 valence electrons. The molecule has 1 rings (SSSR count). The lowest BCUT2D eigenvalue weighted by Crippen LogP contribution is -2.38. The molecule has 0 aliphatic heterocycles. The third-order valence-electron chi connectivity index (χ3n) is 2.87. The molecule has 0 aromatic rings. The second-order valence-corrected chi connectivity index (χ2v) is 5.52. The summed E-state index contributed by atoms with van der Waals surface area (Å²) in [5.74, 6) is 1.14. The van der Waals surface area contributed by atoms with Crippen molar-refractivity contribution >= 4 is 21.8 Å². The molecule has 0 saturated heterocycles. The quantitative estimate of drug-likeness (QED) is 0.516. The summed E-state index contributed by atoms with van der Waals surface area (Å²) >= 11 is 3.39. The Kier molecular flexibility index (Phi) is 5.65. The summed E-state index contributed by atoms with van der Waals surface area (Å²) in [6.07, 6.45) is 5.46. The molecule has 1 aliphatic rings. The Labute approximate surface area is 102 Å². The van der Waals surface area contributed by atoms with Crippen LogP contribution in [0.3, 0.4) is 0 Å². The number of alkyl halides is 1. The SMILES string of the molecule is CC(C)N(CC1CC1)C(=O)CCCCBr. The van der Waals surface area contributed by atoms with Crippen molar-refractivity contribution in [2.24, 2.45) is 5.92 Å². The molecule has 1 saturated carbocycles. The summed E-state index contributed by atoms with van der Waals surface area (Å²) in [6, 6.07) is 0.363. The van der Waals surface area contributed by atoms with Crippen LogP contribution in [0.5, 0.6) is 0 Å². The van der Waals surface area contributed by atoms with Gasteiger partial charge in [-0.3, -0.25) is 4.79 Å². The highest BCUT2D eigenvalue weighted by molar-refractivity contribution is 9.09. The van der Waals surface area contributed by atoms with Crippen LogP contribution >= 0.6 is 15.9 Å². The average molecular weight is 276 g/mol. The lowest BCUT2D eigenvalue weighted by molar-refractivity contribution is -0.133. The van der Waals surface area contributed by atoms with Crippen LogP contribution in [0.25, 0.3) is 0 Å². The summed E-state index contributed by atoms with van der Waals surface area (Å²) in [6.45, 7) is 5.22. The highest BCUT2D eigenvalue weighted by Gasteiger charge is 2.27. The van der Waals surface area contributed by atoms with Gasteiger partial charge < -0.3 is 4.90 Å². The van der Waals surface area contributed by atoms with Gasteiger partial charge in [-0.05, 0) is 45.4 Å². The molecule has 1 fully saturated rings. The van der Waals surface area contributed by atoms with Crippen molar-refractivity contribution in [3.63, 3.8) is 0 Å². The summed E-state index contributed by atoms with van der Waals surface area (Å²) < 4.78 is 0. The summed E-state index contributed by atoms with van der Waals surface area (Å²) in [4.78, 5) is 14.0. The number of hydrogen-bond donors (Lipinski definition) is 0. The van der Waals surface area contributed by atoms with Gasteiger partial charge in [-0.1, -0.05) is 15.9 Å². The van der Waals surface area contributed by atoms with E-state index in [0.29, 0.717) is 11.9 Å². The van der Waals surface area contributed by atoms with Crippen molar-refractivity contribution in [3.05, 3.63) is 0 Å². The van der Waals surface area contributed by atoms with E-state index in [0.717, 1.165) is 37.1 Å². The normalized spacial score (nSPS) is 15.7. The molecule has 0 N–H and O–H groups in total. The number of halogens is 1. The van der Waals surface area contributed by atoms with Gasteiger partial charge in [0.25, 0.3) is 0 Å². The van der Waals surface area contributed by atoms with Crippen LogP contribution in [0.1, 0.15) is 46.0 Å².